The topological polar surface area (TPSA) is 97.5 Å². The number of hydrogen-bond acceptors (Lipinski definition) is 6. The lowest BCUT2D eigenvalue weighted by molar-refractivity contribution is -0.143. The molecule has 2 N–H and O–H groups in total. The SMILES string of the molecule is CC(C)(C)c1cccc(C(C)(C)C)c1O.CCCCCCCCOC(=O)CCc1cc(-n2nc3ccc(Cl)cc3n2)c(O)c(C(C)(C)C)c1. The first-order valence-electron chi connectivity index (χ1n) is 17.7. The monoisotopic (exact) mass is 691 g/mol. The van der Waals surface area contributed by atoms with E-state index in [9.17, 15) is 15.0 Å². The number of ether oxygens (including phenoxy) is 1. The highest BCUT2D eigenvalue weighted by atomic mass is 35.5. The summed E-state index contributed by atoms with van der Waals surface area (Å²) in [5, 5.41) is 30.9. The number of carbonyl (C=O) groups is 1. The van der Waals surface area contributed by atoms with Crippen LogP contribution >= 0.6 is 11.6 Å². The third-order valence-electron chi connectivity index (χ3n) is 8.55. The van der Waals surface area contributed by atoms with E-state index in [1.807, 2.05) is 51.1 Å². The zero-order valence-electron chi connectivity index (χ0n) is 31.4. The number of rotatable bonds is 11. The number of esters is 1. The Bertz CT molecular complexity index is 1660. The van der Waals surface area contributed by atoms with E-state index < -0.39 is 0 Å². The molecule has 8 heteroatoms. The van der Waals surface area contributed by atoms with Crippen LogP contribution in [0.15, 0.2) is 48.5 Å². The van der Waals surface area contributed by atoms with Gasteiger partial charge in [-0.25, -0.2) is 0 Å². The maximum absolute atomic E-state index is 12.3. The van der Waals surface area contributed by atoms with E-state index >= 15 is 0 Å². The number of aromatic nitrogens is 3. The molecule has 1 aromatic heterocycles. The summed E-state index contributed by atoms with van der Waals surface area (Å²) in [5.74, 6) is 0.392. The molecule has 4 aromatic rings. The number of nitrogens with zero attached hydrogens (tertiary/aromatic N) is 3. The van der Waals surface area contributed by atoms with Crippen molar-refractivity contribution in [3.63, 3.8) is 0 Å². The molecule has 3 aromatic carbocycles. The molecule has 0 amide bonds. The lowest BCUT2D eigenvalue weighted by Crippen LogP contribution is -2.16. The van der Waals surface area contributed by atoms with Gasteiger partial charge in [0.1, 0.15) is 28.2 Å². The maximum atomic E-state index is 12.3. The highest BCUT2D eigenvalue weighted by Crippen LogP contribution is 2.39. The predicted molar refractivity (Wildman–Crippen MR) is 202 cm³/mol. The number of aromatic hydroxyl groups is 2. The van der Waals surface area contributed by atoms with E-state index in [1.54, 1.807) is 18.2 Å². The molecule has 0 saturated carbocycles. The van der Waals surface area contributed by atoms with Crippen molar-refractivity contribution < 1.29 is 19.7 Å². The van der Waals surface area contributed by atoms with E-state index in [-0.39, 0.29) is 34.4 Å². The summed E-state index contributed by atoms with van der Waals surface area (Å²) in [5.41, 5.74) is 5.24. The second kappa shape index (κ2) is 16.9. The molecule has 0 unspecified atom stereocenters. The van der Waals surface area contributed by atoms with Gasteiger partial charge in [-0.05, 0) is 70.0 Å². The number of phenols is 2. The van der Waals surface area contributed by atoms with Crippen molar-refractivity contribution in [1.29, 1.82) is 0 Å². The molecule has 0 fully saturated rings. The fourth-order valence-electron chi connectivity index (χ4n) is 5.68. The van der Waals surface area contributed by atoms with Gasteiger partial charge in [-0.15, -0.1) is 15.0 Å². The molecule has 7 nitrogen and oxygen atoms in total. The zero-order valence-corrected chi connectivity index (χ0v) is 32.2. The number of unbranched alkanes of at least 4 members (excludes halogenated alkanes) is 5. The molecule has 49 heavy (non-hydrogen) atoms. The minimum atomic E-state index is -0.303. The molecular formula is C41H58ClN3O4. The van der Waals surface area contributed by atoms with Crippen LogP contribution in [0.4, 0.5) is 0 Å². The van der Waals surface area contributed by atoms with E-state index in [0.717, 1.165) is 35.1 Å². The molecule has 0 aliphatic heterocycles. The Morgan fingerprint density at radius 1 is 0.735 bits per heavy atom. The van der Waals surface area contributed by atoms with Crippen LogP contribution in [0.25, 0.3) is 16.7 Å². The quantitative estimate of drug-likeness (QED) is 0.120. The third-order valence-corrected chi connectivity index (χ3v) is 8.78. The summed E-state index contributed by atoms with van der Waals surface area (Å²) in [7, 11) is 0. The summed E-state index contributed by atoms with van der Waals surface area (Å²) >= 11 is 6.09. The largest absolute Gasteiger partial charge is 0.507 e. The number of halogens is 1. The molecule has 0 spiro atoms. The number of para-hydroxylation sites is 1. The van der Waals surface area contributed by atoms with Crippen molar-refractivity contribution in [3.8, 4) is 17.2 Å². The molecule has 1 heterocycles. The summed E-state index contributed by atoms with van der Waals surface area (Å²) in [4.78, 5) is 13.7. The number of benzene rings is 3. The van der Waals surface area contributed by atoms with E-state index in [4.69, 9.17) is 16.3 Å². The Labute approximate surface area is 299 Å². The van der Waals surface area contributed by atoms with Gasteiger partial charge in [-0.2, -0.15) is 0 Å². The van der Waals surface area contributed by atoms with Crippen LogP contribution < -0.4 is 0 Å². The van der Waals surface area contributed by atoms with Crippen molar-refractivity contribution in [3.05, 3.63) is 75.8 Å². The van der Waals surface area contributed by atoms with Gasteiger partial charge < -0.3 is 14.9 Å². The van der Waals surface area contributed by atoms with Crippen molar-refractivity contribution >= 4 is 28.6 Å². The highest BCUT2D eigenvalue weighted by molar-refractivity contribution is 6.31. The number of fused-ring (bicyclic) bond motifs is 1. The lowest BCUT2D eigenvalue weighted by Gasteiger charge is -2.26. The van der Waals surface area contributed by atoms with Gasteiger partial charge in [0.2, 0.25) is 0 Å². The van der Waals surface area contributed by atoms with Crippen molar-refractivity contribution in [1.82, 2.24) is 15.0 Å². The molecule has 0 saturated heterocycles. The molecular weight excluding hydrogens is 634 g/mol. The first-order valence-corrected chi connectivity index (χ1v) is 18.1. The number of aryl methyl sites for hydroxylation is 1. The fourth-order valence-corrected chi connectivity index (χ4v) is 5.85. The fraction of sp³-hybridized carbons (Fsp3) is 0.537. The van der Waals surface area contributed by atoms with Gasteiger partial charge in [0.25, 0.3) is 0 Å². The predicted octanol–water partition coefficient (Wildman–Crippen LogP) is 10.9. The summed E-state index contributed by atoms with van der Waals surface area (Å²) < 4.78 is 5.43. The van der Waals surface area contributed by atoms with Crippen LogP contribution in [0.5, 0.6) is 11.5 Å². The lowest BCUT2D eigenvalue weighted by atomic mass is 9.80. The molecule has 0 aliphatic carbocycles. The third kappa shape index (κ3) is 11.5. The van der Waals surface area contributed by atoms with Crippen molar-refractivity contribution in [2.75, 3.05) is 6.61 Å². The van der Waals surface area contributed by atoms with Gasteiger partial charge in [-0.1, -0.05) is 137 Å². The summed E-state index contributed by atoms with van der Waals surface area (Å²) in [6.45, 7) is 21.5. The number of hydrogen-bond donors (Lipinski definition) is 2. The second-order valence-electron chi connectivity index (χ2n) is 16.1. The minimum absolute atomic E-state index is 0.00859. The zero-order chi connectivity index (χ0) is 36.6. The Kier molecular flexibility index (Phi) is 13.7. The van der Waals surface area contributed by atoms with Gasteiger partial charge in [0.05, 0.1) is 6.61 Å². The van der Waals surface area contributed by atoms with Gasteiger partial charge >= 0.3 is 5.97 Å². The van der Waals surface area contributed by atoms with Crippen molar-refractivity contribution in [2.45, 2.75) is 137 Å². The first kappa shape index (κ1) is 39.9. The van der Waals surface area contributed by atoms with E-state index in [1.165, 1.54) is 30.5 Å². The van der Waals surface area contributed by atoms with Crippen LogP contribution in [0.3, 0.4) is 0 Å². The molecule has 0 radical (unpaired) electrons. The van der Waals surface area contributed by atoms with E-state index in [0.29, 0.717) is 40.5 Å². The number of phenolic OH excluding ortho intramolecular Hbond substituents is 2. The average molecular weight is 692 g/mol. The Balaban J connectivity index is 0.000000362. The van der Waals surface area contributed by atoms with E-state index in [2.05, 4.69) is 58.7 Å². The maximum Gasteiger partial charge on any atom is 0.306 e. The Morgan fingerprint density at radius 2 is 1.31 bits per heavy atom. The second-order valence-corrected chi connectivity index (χ2v) is 16.5. The van der Waals surface area contributed by atoms with Gasteiger partial charge in [-0.3, -0.25) is 4.79 Å². The molecule has 268 valence electrons. The Hall–Kier alpha value is -3.58. The molecule has 0 aliphatic rings. The standard InChI is InChI=1S/C27H36ClN3O3.C14H22O/c1-5-6-7-8-9-10-15-34-25(32)14-11-19-16-21(27(2,3)4)26(33)24(17-19)31-29-22-13-12-20(28)18-23(22)30-31;1-13(2,3)10-8-7-9-11(12(10)15)14(4,5)6/h12-13,16-18,33H,5-11,14-15H2,1-4H3;7-9,15H,1-6H3. The van der Waals surface area contributed by atoms with Crippen LogP contribution in [-0.4, -0.2) is 37.8 Å². The smallest absolute Gasteiger partial charge is 0.306 e. The molecule has 0 atom stereocenters. The van der Waals surface area contributed by atoms with Gasteiger partial charge in [0, 0.05) is 17.0 Å². The number of carbonyl (C=O) groups excluding carboxylic acids is 1. The van der Waals surface area contributed by atoms with Crippen LogP contribution in [0, 0.1) is 0 Å². The normalized spacial score (nSPS) is 12.1. The van der Waals surface area contributed by atoms with Crippen LogP contribution in [0.1, 0.15) is 136 Å². The molecule has 0 bridgehead atoms. The highest BCUT2D eigenvalue weighted by Gasteiger charge is 2.25. The Morgan fingerprint density at radius 3 is 1.90 bits per heavy atom. The van der Waals surface area contributed by atoms with Crippen molar-refractivity contribution in [2.24, 2.45) is 0 Å². The van der Waals surface area contributed by atoms with Gasteiger partial charge in [0.15, 0.2) is 0 Å². The average Bonchev–Trinajstić information content (AvgIpc) is 3.41. The van der Waals surface area contributed by atoms with Crippen LogP contribution in [-0.2, 0) is 32.2 Å². The summed E-state index contributed by atoms with van der Waals surface area (Å²) in [6, 6.07) is 15.1. The first-order chi connectivity index (χ1) is 22.8. The van der Waals surface area contributed by atoms with Crippen LogP contribution in [0.2, 0.25) is 5.02 Å². The summed E-state index contributed by atoms with van der Waals surface area (Å²) in [6.07, 6.45) is 7.74. The minimum Gasteiger partial charge on any atom is -0.507 e. The molecule has 4 rings (SSSR count).